The van der Waals surface area contributed by atoms with E-state index in [0.29, 0.717) is 24.5 Å². The van der Waals surface area contributed by atoms with Crippen molar-refractivity contribution in [1.29, 1.82) is 0 Å². The van der Waals surface area contributed by atoms with Crippen LogP contribution >= 0.6 is 0 Å². The average molecular weight is 441 g/mol. The van der Waals surface area contributed by atoms with Gasteiger partial charge >= 0.3 is 0 Å². The van der Waals surface area contributed by atoms with Crippen LogP contribution < -0.4 is 0 Å². The molecule has 3 fully saturated rings. The summed E-state index contributed by atoms with van der Waals surface area (Å²) in [7, 11) is -0.0581. The number of ether oxygens (including phenoxy) is 2. The van der Waals surface area contributed by atoms with Gasteiger partial charge in [-0.05, 0) is 57.1 Å². The molecule has 0 saturated carbocycles. The average Bonchev–Trinajstić information content (AvgIpc) is 3.39. The minimum absolute atomic E-state index is 0.176. The number of hydrogen-bond acceptors (Lipinski definition) is 6. The first-order valence-corrected chi connectivity index (χ1v) is 12.5. The van der Waals surface area contributed by atoms with E-state index in [2.05, 4.69) is 16.9 Å². The number of likely N-dealkylation sites (tertiary alicyclic amines) is 1. The lowest BCUT2D eigenvalue weighted by Gasteiger charge is -2.38. The Morgan fingerprint density at radius 1 is 1.27 bits per heavy atom. The summed E-state index contributed by atoms with van der Waals surface area (Å²) in [4.78, 5) is 2.59. The minimum Gasteiger partial charge on any atom is -0.385 e. The first-order chi connectivity index (χ1) is 14.2. The third-order valence-corrected chi connectivity index (χ3v) is 9.36. The molecule has 0 unspecified atom stereocenters. The van der Waals surface area contributed by atoms with Crippen LogP contribution in [0.5, 0.6) is 0 Å². The van der Waals surface area contributed by atoms with Crippen molar-refractivity contribution < 1.29 is 17.9 Å². The zero-order chi connectivity index (χ0) is 21.6. The van der Waals surface area contributed by atoms with Gasteiger partial charge in [0.25, 0.3) is 10.0 Å². The molecule has 1 aromatic rings. The predicted octanol–water partition coefficient (Wildman–Crippen LogP) is 1.79. The molecule has 4 rings (SSSR count). The van der Waals surface area contributed by atoms with Gasteiger partial charge in [-0.3, -0.25) is 9.58 Å². The van der Waals surface area contributed by atoms with E-state index in [1.165, 1.54) is 11.1 Å². The zero-order valence-electron chi connectivity index (χ0n) is 18.8. The van der Waals surface area contributed by atoms with Crippen molar-refractivity contribution >= 4 is 10.0 Å². The number of piperidine rings is 1. The maximum atomic E-state index is 13.1. The molecule has 2 atom stereocenters. The molecular weight excluding hydrogens is 404 g/mol. The summed E-state index contributed by atoms with van der Waals surface area (Å²) in [5.74, 6) is 0. The Balaban J connectivity index is 1.35. The molecule has 3 aliphatic rings. The second-order valence-electron chi connectivity index (χ2n) is 9.78. The molecule has 0 amide bonds. The number of rotatable bonds is 6. The molecule has 0 N–H and O–H groups in total. The molecular formula is C21H36N4O4S. The van der Waals surface area contributed by atoms with Gasteiger partial charge < -0.3 is 9.47 Å². The van der Waals surface area contributed by atoms with E-state index in [0.717, 1.165) is 57.7 Å². The summed E-state index contributed by atoms with van der Waals surface area (Å²) in [5, 5.41) is 4.47. The van der Waals surface area contributed by atoms with Crippen LogP contribution in [0.3, 0.4) is 0 Å². The highest BCUT2D eigenvalue weighted by molar-refractivity contribution is 7.89. The van der Waals surface area contributed by atoms with Crippen LogP contribution in [0.4, 0.5) is 0 Å². The van der Waals surface area contributed by atoms with Crippen molar-refractivity contribution in [2.24, 2.45) is 12.5 Å². The molecule has 9 heteroatoms. The fraction of sp³-hybridized carbons (Fsp3) is 0.857. The van der Waals surface area contributed by atoms with Crippen molar-refractivity contribution in [3.63, 3.8) is 0 Å². The highest BCUT2D eigenvalue weighted by atomic mass is 32.2. The first-order valence-electron chi connectivity index (χ1n) is 11.0. The number of sulfonamides is 1. The normalized spacial score (nSPS) is 30.5. The van der Waals surface area contributed by atoms with Gasteiger partial charge in [-0.25, -0.2) is 8.42 Å². The Bertz CT molecular complexity index is 862. The third kappa shape index (κ3) is 4.19. The largest absolute Gasteiger partial charge is 0.385 e. The number of methoxy groups -OCH3 is 1. The standard InChI is InChI=1S/C21H36N4O4S/c1-17-13-19(23(3)22-17)30(26,27)25-10-6-21(7-11-25)14-18(15-29-21)24-9-5-20(2,16-24)8-12-28-4/h13,18H,5-12,14-16H2,1-4H3/t18-,20-/m1/s1. The van der Waals surface area contributed by atoms with Crippen LogP contribution in [0.1, 0.15) is 44.7 Å². The van der Waals surface area contributed by atoms with Gasteiger partial charge in [-0.2, -0.15) is 9.40 Å². The van der Waals surface area contributed by atoms with E-state index in [-0.39, 0.29) is 10.6 Å². The van der Waals surface area contributed by atoms with Gasteiger partial charge in [0.2, 0.25) is 0 Å². The quantitative estimate of drug-likeness (QED) is 0.671. The summed E-state index contributed by atoms with van der Waals surface area (Å²) in [6.07, 6.45) is 4.82. The molecule has 0 bridgehead atoms. The number of aromatic nitrogens is 2. The lowest BCUT2D eigenvalue weighted by molar-refractivity contribution is -0.0317. The maximum Gasteiger partial charge on any atom is 0.260 e. The Morgan fingerprint density at radius 2 is 2.00 bits per heavy atom. The monoisotopic (exact) mass is 440 g/mol. The first kappa shape index (κ1) is 22.2. The van der Waals surface area contributed by atoms with Crippen molar-refractivity contribution in [1.82, 2.24) is 19.0 Å². The number of nitrogens with zero attached hydrogens (tertiary/aromatic N) is 4. The van der Waals surface area contributed by atoms with Crippen molar-refractivity contribution in [3.8, 4) is 0 Å². The Hall–Kier alpha value is -1.00. The van der Waals surface area contributed by atoms with Gasteiger partial charge in [0, 0.05) is 46.4 Å². The molecule has 170 valence electrons. The van der Waals surface area contributed by atoms with Gasteiger partial charge in [0.1, 0.15) is 0 Å². The molecule has 1 aromatic heterocycles. The highest BCUT2D eigenvalue weighted by Crippen LogP contribution is 2.42. The zero-order valence-corrected chi connectivity index (χ0v) is 19.6. The van der Waals surface area contributed by atoms with Gasteiger partial charge in [-0.1, -0.05) is 6.92 Å². The second-order valence-corrected chi connectivity index (χ2v) is 11.7. The maximum absolute atomic E-state index is 13.1. The molecule has 3 aliphatic heterocycles. The van der Waals surface area contributed by atoms with Crippen LogP contribution in [0.25, 0.3) is 0 Å². The summed E-state index contributed by atoms with van der Waals surface area (Å²) >= 11 is 0. The number of hydrogen-bond donors (Lipinski definition) is 0. The van der Waals surface area contributed by atoms with Gasteiger partial charge in [0.15, 0.2) is 5.03 Å². The van der Waals surface area contributed by atoms with Crippen molar-refractivity contribution in [2.75, 3.05) is 46.5 Å². The van der Waals surface area contributed by atoms with E-state index in [4.69, 9.17) is 9.47 Å². The van der Waals surface area contributed by atoms with Crippen LogP contribution in [0.2, 0.25) is 0 Å². The SMILES string of the molecule is COCC[C@@]1(C)CCN([C@H]2COC3(CCN(S(=O)(=O)c4cc(C)nn4C)CC3)C2)C1. The molecule has 0 aromatic carbocycles. The van der Waals surface area contributed by atoms with Crippen LogP contribution in [-0.2, 0) is 26.5 Å². The Morgan fingerprint density at radius 3 is 2.63 bits per heavy atom. The number of aryl methyl sites for hydroxylation is 2. The van der Waals surface area contributed by atoms with Crippen LogP contribution in [0, 0.1) is 12.3 Å². The van der Waals surface area contributed by atoms with Crippen molar-refractivity contribution in [2.45, 2.75) is 62.6 Å². The molecule has 0 aliphatic carbocycles. The van der Waals surface area contributed by atoms with E-state index in [9.17, 15) is 8.42 Å². The molecule has 4 heterocycles. The van der Waals surface area contributed by atoms with E-state index >= 15 is 0 Å². The lowest BCUT2D eigenvalue weighted by atomic mass is 9.86. The lowest BCUT2D eigenvalue weighted by Crippen LogP contribution is -2.47. The Kier molecular flexibility index (Phi) is 6.04. The van der Waals surface area contributed by atoms with Crippen molar-refractivity contribution in [3.05, 3.63) is 11.8 Å². The van der Waals surface area contributed by atoms with Gasteiger partial charge in [-0.15, -0.1) is 0 Å². The van der Waals surface area contributed by atoms with Gasteiger partial charge in [0.05, 0.1) is 17.9 Å². The van der Waals surface area contributed by atoms with Crippen LogP contribution in [0.15, 0.2) is 11.1 Å². The summed E-state index contributed by atoms with van der Waals surface area (Å²) in [6.45, 7) is 8.97. The highest BCUT2D eigenvalue weighted by Gasteiger charge is 2.48. The minimum atomic E-state index is -3.52. The topological polar surface area (TPSA) is 76.9 Å². The summed E-state index contributed by atoms with van der Waals surface area (Å²) in [6, 6.07) is 2.09. The fourth-order valence-corrected chi connectivity index (χ4v) is 7.05. The fourth-order valence-electron chi connectivity index (χ4n) is 5.42. The molecule has 0 radical (unpaired) electrons. The summed E-state index contributed by atoms with van der Waals surface area (Å²) in [5.41, 5.74) is 0.865. The molecule has 30 heavy (non-hydrogen) atoms. The van der Waals surface area contributed by atoms with E-state index in [1.807, 2.05) is 6.92 Å². The smallest absolute Gasteiger partial charge is 0.260 e. The molecule has 8 nitrogen and oxygen atoms in total. The Labute approximate surface area is 180 Å². The second kappa shape index (κ2) is 8.16. The summed E-state index contributed by atoms with van der Waals surface area (Å²) < 4.78 is 40.8. The van der Waals surface area contributed by atoms with Crippen LogP contribution in [-0.4, -0.2) is 85.5 Å². The van der Waals surface area contributed by atoms with E-state index < -0.39 is 10.0 Å². The molecule has 3 saturated heterocycles. The van der Waals surface area contributed by atoms with E-state index in [1.54, 1.807) is 24.5 Å². The third-order valence-electron chi connectivity index (χ3n) is 7.40. The predicted molar refractivity (Wildman–Crippen MR) is 114 cm³/mol. The molecule has 1 spiro atoms.